The first-order valence-corrected chi connectivity index (χ1v) is 11.2. The highest BCUT2D eigenvalue weighted by molar-refractivity contribution is 5.79. The van der Waals surface area contributed by atoms with Crippen molar-refractivity contribution in [3.63, 3.8) is 0 Å². The Morgan fingerprint density at radius 3 is 2.74 bits per heavy atom. The zero-order valence-electron chi connectivity index (χ0n) is 19.3. The quantitative estimate of drug-likeness (QED) is 0.343. The molecule has 2 N–H and O–H groups in total. The Hall–Kier alpha value is -2.45. The first kappa shape index (κ1) is 23.2. The first-order chi connectivity index (χ1) is 15.1. The maximum absolute atomic E-state index is 5.16. The van der Waals surface area contributed by atoms with E-state index in [1.165, 1.54) is 12.0 Å². The number of nitrogens with one attached hydrogen (secondary N) is 2. The molecule has 3 rings (SSSR count). The van der Waals surface area contributed by atoms with E-state index in [2.05, 4.69) is 63.0 Å². The maximum Gasteiger partial charge on any atom is 0.191 e. The molecular formula is C23H37N7O. The molecule has 0 amide bonds. The minimum absolute atomic E-state index is 0.498. The van der Waals surface area contributed by atoms with Crippen molar-refractivity contribution in [2.45, 2.75) is 45.8 Å². The molecule has 0 spiro atoms. The molecule has 0 saturated carbocycles. The predicted octanol–water partition coefficient (Wildman–Crippen LogP) is 2.11. The predicted molar refractivity (Wildman–Crippen MR) is 124 cm³/mol. The van der Waals surface area contributed by atoms with Crippen LogP contribution in [0.15, 0.2) is 35.3 Å². The van der Waals surface area contributed by atoms with Crippen molar-refractivity contribution in [3.8, 4) is 0 Å². The third kappa shape index (κ3) is 7.04. The van der Waals surface area contributed by atoms with Crippen LogP contribution in [0, 0.1) is 12.8 Å². The second-order valence-electron chi connectivity index (χ2n) is 8.41. The van der Waals surface area contributed by atoms with Crippen molar-refractivity contribution in [2.75, 3.05) is 33.4 Å². The van der Waals surface area contributed by atoms with Gasteiger partial charge in [0.1, 0.15) is 12.4 Å². The molecule has 1 aliphatic heterocycles. The van der Waals surface area contributed by atoms with Crippen molar-refractivity contribution < 1.29 is 4.74 Å². The molecule has 2 atom stereocenters. The van der Waals surface area contributed by atoms with Crippen LogP contribution in [-0.2, 0) is 24.9 Å². The van der Waals surface area contributed by atoms with Gasteiger partial charge < -0.3 is 19.9 Å². The van der Waals surface area contributed by atoms with Gasteiger partial charge in [0.2, 0.25) is 0 Å². The van der Waals surface area contributed by atoms with Gasteiger partial charge in [0.05, 0.1) is 0 Å². The van der Waals surface area contributed by atoms with Crippen LogP contribution in [0.5, 0.6) is 0 Å². The van der Waals surface area contributed by atoms with Gasteiger partial charge in [-0.1, -0.05) is 30.3 Å². The fourth-order valence-corrected chi connectivity index (χ4v) is 3.98. The van der Waals surface area contributed by atoms with E-state index in [1.807, 2.05) is 18.5 Å². The SMILES string of the molecule is COCCCNC(=NCc1nnc(C)n1C)NCC1CC(C)N(Cc2ccccc2)C1. The average Bonchev–Trinajstić information content (AvgIpc) is 3.29. The molecular weight excluding hydrogens is 390 g/mol. The van der Waals surface area contributed by atoms with Crippen LogP contribution in [0.3, 0.4) is 0 Å². The molecule has 0 bridgehead atoms. The van der Waals surface area contributed by atoms with Gasteiger partial charge in [0.15, 0.2) is 11.8 Å². The molecule has 1 aliphatic rings. The lowest BCUT2D eigenvalue weighted by atomic mass is 10.1. The summed E-state index contributed by atoms with van der Waals surface area (Å²) in [5.41, 5.74) is 1.38. The van der Waals surface area contributed by atoms with E-state index in [0.717, 1.165) is 56.8 Å². The van der Waals surface area contributed by atoms with E-state index >= 15 is 0 Å². The highest BCUT2D eigenvalue weighted by Crippen LogP contribution is 2.24. The summed E-state index contributed by atoms with van der Waals surface area (Å²) in [6.07, 6.45) is 2.13. The number of hydrogen-bond acceptors (Lipinski definition) is 5. The smallest absolute Gasteiger partial charge is 0.191 e. The molecule has 1 fully saturated rings. The summed E-state index contributed by atoms with van der Waals surface area (Å²) >= 11 is 0. The maximum atomic E-state index is 5.16. The second kappa shape index (κ2) is 11.8. The van der Waals surface area contributed by atoms with E-state index in [1.54, 1.807) is 7.11 Å². The number of methoxy groups -OCH3 is 1. The fraction of sp³-hybridized carbons (Fsp3) is 0.609. The topological polar surface area (TPSA) is 79.6 Å². The van der Waals surface area contributed by atoms with Crippen LogP contribution in [-0.4, -0.2) is 65.0 Å². The standard InChI is InChI=1S/C23H37N7O/c1-18-13-21(17-30(18)16-20-9-6-5-7-10-20)14-25-23(24-11-8-12-31-4)26-15-22-28-27-19(2)29(22)3/h5-7,9-10,18,21H,8,11-17H2,1-4H3,(H2,24,25,26). The number of rotatable bonds is 10. The molecule has 31 heavy (non-hydrogen) atoms. The van der Waals surface area contributed by atoms with Crippen molar-refractivity contribution in [1.82, 2.24) is 30.3 Å². The van der Waals surface area contributed by atoms with Crippen molar-refractivity contribution in [1.29, 1.82) is 0 Å². The number of ether oxygens (including phenoxy) is 1. The highest BCUT2D eigenvalue weighted by Gasteiger charge is 2.28. The second-order valence-corrected chi connectivity index (χ2v) is 8.41. The Morgan fingerprint density at radius 1 is 1.23 bits per heavy atom. The Morgan fingerprint density at radius 2 is 2.03 bits per heavy atom. The molecule has 1 saturated heterocycles. The Bertz CT molecular complexity index is 821. The lowest BCUT2D eigenvalue weighted by molar-refractivity contribution is 0.195. The molecule has 1 aromatic carbocycles. The van der Waals surface area contributed by atoms with E-state index < -0.39 is 0 Å². The number of aromatic nitrogens is 3. The van der Waals surface area contributed by atoms with Gasteiger partial charge in [-0.15, -0.1) is 10.2 Å². The van der Waals surface area contributed by atoms with E-state index in [-0.39, 0.29) is 0 Å². The minimum Gasteiger partial charge on any atom is -0.385 e. The lowest BCUT2D eigenvalue weighted by Crippen LogP contribution is -2.41. The van der Waals surface area contributed by atoms with E-state index in [4.69, 9.17) is 9.73 Å². The molecule has 0 radical (unpaired) electrons. The molecule has 2 aromatic rings. The third-order valence-corrected chi connectivity index (χ3v) is 5.96. The van der Waals surface area contributed by atoms with Crippen LogP contribution in [0.2, 0.25) is 0 Å². The van der Waals surface area contributed by atoms with E-state index in [0.29, 0.717) is 18.5 Å². The van der Waals surface area contributed by atoms with Crippen LogP contribution >= 0.6 is 0 Å². The van der Waals surface area contributed by atoms with Gasteiger partial charge in [-0.25, -0.2) is 4.99 Å². The number of nitrogens with zero attached hydrogens (tertiary/aromatic N) is 5. The monoisotopic (exact) mass is 427 g/mol. The largest absolute Gasteiger partial charge is 0.385 e. The normalized spacial score (nSPS) is 19.7. The van der Waals surface area contributed by atoms with Gasteiger partial charge in [0.25, 0.3) is 0 Å². The zero-order chi connectivity index (χ0) is 22.1. The molecule has 1 aromatic heterocycles. The van der Waals surface area contributed by atoms with Crippen molar-refractivity contribution >= 4 is 5.96 Å². The zero-order valence-corrected chi connectivity index (χ0v) is 19.3. The van der Waals surface area contributed by atoms with Crippen LogP contribution in [0.1, 0.15) is 37.0 Å². The Labute approximate surface area is 186 Å². The van der Waals surface area contributed by atoms with Crippen molar-refractivity contribution in [3.05, 3.63) is 47.5 Å². The summed E-state index contributed by atoms with van der Waals surface area (Å²) in [7, 11) is 3.70. The third-order valence-electron chi connectivity index (χ3n) is 5.96. The molecule has 8 nitrogen and oxygen atoms in total. The summed E-state index contributed by atoms with van der Waals surface area (Å²) in [4.78, 5) is 7.33. The molecule has 8 heteroatoms. The number of likely N-dealkylation sites (tertiary alicyclic amines) is 1. The number of aryl methyl sites for hydroxylation is 1. The molecule has 170 valence electrons. The summed E-state index contributed by atoms with van der Waals surface area (Å²) in [6, 6.07) is 11.3. The molecule has 2 unspecified atom stereocenters. The number of aliphatic imine (C=N–C) groups is 1. The Balaban J connectivity index is 1.53. The number of benzene rings is 1. The van der Waals surface area contributed by atoms with Crippen LogP contribution in [0.25, 0.3) is 0 Å². The van der Waals surface area contributed by atoms with Crippen molar-refractivity contribution in [2.24, 2.45) is 18.0 Å². The summed E-state index contributed by atoms with van der Waals surface area (Å²) in [5.74, 6) is 3.18. The number of hydrogen-bond donors (Lipinski definition) is 2. The molecule has 0 aliphatic carbocycles. The van der Waals surface area contributed by atoms with Gasteiger partial charge >= 0.3 is 0 Å². The van der Waals surface area contributed by atoms with Crippen LogP contribution in [0.4, 0.5) is 0 Å². The molecule has 2 heterocycles. The van der Waals surface area contributed by atoms with Crippen LogP contribution < -0.4 is 10.6 Å². The van der Waals surface area contributed by atoms with Gasteiger partial charge in [-0.3, -0.25) is 4.90 Å². The van der Waals surface area contributed by atoms with E-state index in [9.17, 15) is 0 Å². The average molecular weight is 428 g/mol. The summed E-state index contributed by atoms with van der Waals surface area (Å²) in [5, 5.41) is 15.3. The van der Waals surface area contributed by atoms with Gasteiger partial charge in [-0.2, -0.15) is 0 Å². The number of guanidine groups is 1. The lowest BCUT2D eigenvalue weighted by Gasteiger charge is -2.21. The highest BCUT2D eigenvalue weighted by atomic mass is 16.5. The van der Waals surface area contributed by atoms with Gasteiger partial charge in [0, 0.05) is 53.0 Å². The summed E-state index contributed by atoms with van der Waals surface area (Å²) in [6.45, 7) is 9.35. The minimum atomic E-state index is 0.498. The first-order valence-electron chi connectivity index (χ1n) is 11.2. The fourth-order valence-electron chi connectivity index (χ4n) is 3.98. The summed E-state index contributed by atoms with van der Waals surface area (Å²) < 4.78 is 7.14. The Kier molecular flexibility index (Phi) is 8.85. The van der Waals surface area contributed by atoms with Gasteiger partial charge in [-0.05, 0) is 38.2 Å².